The van der Waals surface area contributed by atoms with Crippen molar-refractivity contribution in [2.75, 3.05) is 7.11 Å². The highest BCUT2D eigenvalue weighted by Crippen LogP contribution is 2.34. The third kappa shape index (κ3) is 3.09. The molecule has 0 saturated carbocycles. The Balaban J connectivity index is 2.22. The zero-order chi connectivity index (χ0) is 14.5. The highest BCUT2D eigenvalue weighted by molar-refractivity contribution is 5.97. The standard InChI is InChI=1S/C16H16O4/c1-11(17)13-8-14(18)16(9-15(13)19-2)20-10-12-6-4-3-5-7-12/h3-9,18H,10H2,1-2H3. The van der Waals surface area contributed by atoms with E-state index in [0.717, 1.165) is 5.56 Å². The summed E-state index contributed by atoms with van der Waals surface area (Å²) >= 11 is 0. The van der Waals surface area contributed by atoms with Gasteiger partial charge in [0.25, 0.3) is 0 Å². The first-order chi connectivity index (χ1) is 9.61. The van der Waals surface area contributed by atoms with Gasteiger partial charge in [-0.1, -0.05) is 30.3 Å². The number of hydrogen-bond donors (Lipinski definition) is 1. The van der Waals surface area contributed by atoms with Crippen LogP contribution in [0, 0.1) is 0 Å². The van der Waals surface area contributed by atoms with Crippen LogP contribution in [0.1, 0.15) is 22.8 Å². The van der Waals surface area contributed by atoms with Gasteiger partial charge in [-0.05, 0) is 18.6 Å². The van der Waals surface area contributed by atoms with E-state index in [1.165, 1.54) is 26.2 Å². The Hall–Kier alpha value is -2.49. The predicted octanol–water partition coefficient (Wildman–Crippen LogP) is 3.18. The zero-order valence-corrected chi connectivity index (χ0v) is 11.4. The second kappa shape index (κ2) is 6.10. The van der Waals surface area contributed by atoms with Gasteiger partial charge >= 0.3 is 0 Å². The number of aromatic hydroxyl groups is 1. The lowest BCUT2D eigenvalue weighted by atomic mass is 10.1. The minimum Gasteiger partial charge on any atom is -0.504 e. The lowest BCUT2D eigenvalue weighted by Gasteiger charge is -2.12. The molecule has 2 aromatic rings. The van der Waals surface area contributed by atoms with E-state index in [-0.39, 0.29) is 17.3 Å². The SMILES string of the molecule is COc1cc(OCc2ccccc2)c(O)cc1C(C)=O. The minimum absolute atomic E-state index is 0.0769. The van der Waals surface area contributed by atoms with Crippen LogP contribution >= 0.6 is 0 Å². The fourth-order valence-electron chi connectivity index (χ4n) is 1.84. The van der Waals surface area contributed by atoms with Crippen LogP contribution in [-0.2, 0) is 6.61 Å². The van der Waals surface area contributed by atoms with Crippen LogP contribution in [0.4, 0.5) is 0 Å². The highest BCUT2D eigenvalue weighted by Gasteiger charge is 2.14. The molecule has 0 bridgehead atoms. The number of phenols is 1. The van der Waals surface area contributed by atoms with Gasteiger partial charge in [0.1, 0.15) is 12.4 Å². The first-order valence-electron chi connectivity index (χ1n) is 6.20. The van der Waals surface area contributed by atoms with Crippen molar-refractivity contribution in [1.29, 1.82) is 0 Å². The van der Waals surface area contributed by atoms with Crippen LogP contribution in [0.3, 0.4) is 0 Å². The van der Waals surface area contributed by atoms with Gasteiger partial charge in [0.2, 0.25) is 0 Å². The lowest BCUT2D eigenvalue weighted by molar-refractivity contribution is 0.101. The monoisotopic (exact) mass is 272 g/mol. The molecule has 0 amide bonds. The molecule has 1 N–H and O–H groups in total. The maximum absolute atomic E-state index is 11.4. The molecule has 0 aliphatic rings. The maximum Gasteiger partial charge on any atom is 0.165 e. The smallest absolute Gasteiger partial charge is 0.165 e. The second-order valence-electron chi connectivity index (χ2n) is 4.35. The van der Waals surface area contributed by atoms with E-state index in [9.17, 15) is 9.90 Å². The van der Waals surface area contributed by atoms with Gasteiger partial charge in [0.05, 0.1) is 12.7 Å². The number of phenolic OH excluding ortho intramolecular Hbond substituents is 1. The number of rotatable bonds is 5. The van der Waals surface area contributed by atoms with Crippen LogP contribution in [0.2, 0.25) is 0 Å². The van der Waals surface area contributed by atoms with Crippen LogP contribution in [0.5, 0.6) is 17.2 Å². The molecule has 0 aliphatic carbocycles. The minimum atomic E-state index is -0.174. The summed E-state index contributed by atoms with van der Waals surface area (Å²) in [6, 6.07) is 12.5. The Morgan fingerprint density at radius 2 is 1.85 bits per heavy atom. The third-order valence-electron chi connectivity index (χ3n) is 2.90. The summed E-state index contributed by atoms with van der Waals surface area (Å²) in [6.07, 6.45) is 0. The summed E-state index contributed by atoms with van der Waals surface area (Å²) < 4.78 is 10.7. The van der Waals surface area contributed by atoms with Gasteiger partial charge in [-0.25, -0.2) is 0 Å². The lowest BCUT2D eigenvalue weighted by Crippen LogP contribution is -2.00. The Morgan fingerprint density at radius 3 is 2.45 bits per heavy atom. The van der Waals surface area contributed by atoms with Gasteiger partial charge in [0, 0.05) is 6.07 Å². The van der Waals surface area contributed by atoms with Crippen molar-refractivity contribution < 1.29 is 19.4 Å². The van der Waals surface area contributed by atoms with Crippen molar-refractivity contribution in [1.82, 2.24) is 0 Å². The fraction of sp³-hybridized carbons (Fsp3) is 0.188. The molecule has 104 valence electrons. The van der Waals surface area contributed by atoms with Crippen molar-refractivity contribution in [3.63, 3.8) is 0 Å². The average molecular weight is 272 g/mol. The van der Waals surface area contributed by atoms with E-state index in [1.54, 1.807) is 0 Å². The molecule has 0 aliphatic heterocycles. The van der Waals surface area contributed by atoms with Crippen LogP contribution in [0.25, 0.3) is 0 Å². The molecular formula is C16H16O4. The molecule has 0 unspecified atom stereocenters. The number of benzene rings is 2. The first-order valence-corrected chi connectivity index (χ1v) is 6.20. The second-order valence-corrected chi connectivity index (χ2v) is 4.35. The number of carbonyl (C=O) groups is 1. The van der Waals surface area contributed by atoms with E-state index < -0.39 is 0 Å². The number of carbonyl (C=O) groups excluding carboxylic acids is 1. The summed E-state index contributed by atoms with van der Waals surface area (Å²) in [5.74, 6) is 0.424. The van der Waals surface area contributed by atoms with Crippen molar-refractivity contribution >= 4 is 5.78 Å². The average Bonchev–Trinajstić information content (AvgIpc) is 2.46. The Morgan fingerprint density at radius 1 is 1.15 bits per heavy atom. The molecule has 0 heterocycles. The van der Waals surface area contributed by atoms with Gasteiger partial charge < -0.3 is 14.6 Å². The van der Waals surface area contributed by atoms with Crippen molar-refractivity contribution in [2.45, 2.75) is 13.5 Å². The van der Waals surface area contributed by atoms with E-state index in [2.05, 4.69) is 0 Å². The van der Waals surface area contributed by atoms with E-state index >= 15 is 0 Å². The van der Waals surface area contributed by atoms with Crippen molar-refractivity contribution in [3.8, 4) is 17.2 Å². The number of methoxy groups -OCH3 is 1. The topological polar surface area (TPSA) is 55.8 Å². The Labute approximate surface area is 117 Å². The number of Topliss-reactive ketones (excluding diaryl/α,β-unsaturated/α-hetero) is 1. The first kappa shape index (κ1) is 13.9. The molecule has 4 nitrogen and oxygen atoms in total. The van der Waals surface area contributed by atoms with Gasteiger partial charge in [-0.3, -0.25) is 4.79 Å². The fourth-order valence-corrected chi connectivity index (χ4v) is 1.84. The Kier molecular flexibility index (Phi) is 4.25. The molecule has 0 radical (unpaired) electrons. The summed E-state index contributed by atoms with van der Waals surface area (Å²) in [7, 11) is 1.47. The normalized spacial score (nSPS) is 10.1. The molecule has 0 spiro atoms. The molecule has 0 fully saturated rings. The molecular weight excluding hydrogens is 256 g/mol. The number of ketones is 1. The maximum atomic E-state index is 11.4. The van der Waals surface area contributed by atoms with Crippen molar-refractivity contribution in [2.24, 2.45) is 0 Å². The summed E-state index contributed by atoms with van der Waals surface area (Å²) in [6.45, 7) is 1.75. The zero-order valence-electron chi connectivity index (χ0n) is 11.4. The van der Waals surface area contributed by atoms with Crippen LogP contribution in [-0.4, -0.2) is 18.0 Å². The number of ether oxygens (including phenoxy) is 2. The molecule has 0 atom stereocenters. The predicted molar refractivity (Wildman–Crippen MR) is 75.4 cm³/mol. The Bertz CT molecular complexity index is 605. The summed E-state index contributed by atoms with van der Waals surface area (Å²) in [5, 5.41) is 9.91. The quantitative estimate of drug-likeness (QED) is 0.849. The van der Waals surface area contributed by atoms with Crippen molar-refractivity contribution in [3.05, 3.63) is 53.6 Å². The molecule has 20 heavy (non-hydrogen) atoms. The van der Waals surface area contributed by atoms with E-state index in [0.29, 0.717) is 17.9 Å². The van der Waals surface area contributed by atoms with E-state index in [1.807, 2.05) is 30.3 Å². The van der Waals surface area contributed by atoms with Crippen LogP contribution < -0.4 is 9.47 Å². The van der Waals surface area contributed by atoms with E-state index in [4.69, 9.17) is 9.47 Å². The largest absolute Gasteiger partial charge is 0.504 e. The molecule has 2 aromatic carbocycles. The van der Waals surface area contributed by atoms with Crippen LogP contribution in [0.15, 0.2) is 42.5 Å². The van der Waals surface area contributed by atoms with Gasteiger partial charge in [-0.15, -0.1) is 0 Å². The summed E-state index contributed by atoms with van der Waals surface area (Å²) in [5.41, 5.74) is 1.32. The van der Waals surface area contributed by atoms with Gasteiger partial charge in [-0.2, -0.15) is 0 Å². The molecule has 0 saturated heterocycles. The molecule has 2 rings (SSSR count). The van der Waals surface area contributed by atoms with Gasteiger partial charge in [0.15, 0.2) is 17.3 Å². The number of hydrogen-bond acceptors (Lipinski definition) is 4. The molecule has 4 heteroatoms. The summed E-state index contributed by atoms with van der Waals surface area (Å²) in [4.78, 5) is 11.4. The third-order valence-corrected chi connectivity index (χ3v) is 2.90. The molecule has 0 aromatic heterocycles. The highest BCUT2D eigenvalue weighted by atomic mass is 16.5.